The normalized spacial score (nSPS) is 21.9. The molecule has 1 aliphatic heterocycles. The molecule has 0 N–H and O–H groups in total. The van der Waals surface area contributed by atoms with Crippen LogP contribution < -0.4 is 0 Å². The van der Waals surface area contributed by atoms with Gasteiger partial charge in [0.2, 0.25) is 0 Å². The zero-order valence-corrected chi connectivity index (χ0v) is 14.4. The minimum absolute atomic E-state index is 0.118. The van der Waals surface area contributed by atoms with E-state index in [9.17, 15) is 0 Å². The van der Waals surface area contributed by atoms with Gasteiger partial charge in [-0.1, -0.05) is 76.6 Å². The van der Waals surface area contributed by atoms with Gasteiger partial charge in [-0.3, -0.25) is 0 Å². The van der Waals surface area contributed by atoms with E-state index in [1.807, 2.05) is 0 Å². The minimum Gasteiger partial charge on any atom is -0.373 e. The van der Waals surface area contributed by atoms with Gasteiger partial charge >= 0.3 is 0 Å². The predicted molar refractivity (Wildman–Crippen MR) is 92.2 cm³/mol. The summed E-state index contributed by atoms with van der Waals surface area (Å²) in [6.45, 7) is 5.92. The third kappa shape index (κ3) is 5.73. The van der Waals surface area contributed by atoms with Crippen LogP contribution in [0.5, 0.6) is 0 Å². The molecule has 0 aromatic heterocycles. The second kappa shape index (κ2) is 10.0. The van der Waals surface area contributed by atoms with Crippen molar-refractivity contribution in [1.29, 1.82) is 0 Å². The Kier molecular flexibility index (Phi) is 7.96. The zero-order valence-electron chi connectivity index (χ0n) is 14.4. The summed E-state index contributed by atoms with van der Waals surface area (Å²) >= 11 is 0. The summed E-state index contributed by atoms with van der Waals surface area (Å²) < 4.78 is 12.0. The molecule has 1 aromatic rings. The van der Waals surface area contributed by atoms with E-state index in [0.29, 0.717) is 12.7 Å². The number of hydrogen-bond donors (Lipinski definition) is 0. The highest BCUT2D eigenvalue weighted by Gasteiger charge is 2.23. The smallest absolute Gasteiger partial charge is 0.106 e. The third-order valence-corrected chi connectivity index (χ3v) is 4.49. The maximum absolute atomic E-state index is 6.03. The Hall–Kier alpha value is -0.860. The van der Waals surface area contributed by atoms with Crippen molar-refractivity contribution in [2.75, 3.05) is 13.2 Å². The van der Waals surface area contributed by atoms with Crippen LogP contribution in [0, 0.1) is 0 Å². The standard InChI is InChI=1S/C20H32O2/c1-3-5-6-7-8-10-19-15-22-20(16-21-19)18-13-11-17(9-4-2)12-14-18/h11-14,19-20H,3-10,15-16H2,1-2H3/t19-,20-/m1/s1. The molecule has 22 heavy (non-hydrogen) atoms. The molecule has 0 saturated carbocycles. The first-order chi connectivity index (χ1) is 10.8. The average molecular weight is 304 g/mol. The van der Waals surface area contributed by atoms with Crippen LogP contribution in [0.1, 0.15) is 76.0 Å². The largest absolute Gasteiger partial charge is 0.373 e. The Morgan fingerprint density at radius 3 is 2.27 bits per heavy atom. The Morgan fingerprint density at radius 2 is 1.64 bits per heavy atom. The fourth-order valence-corrected chi connectivity index (χ4v) is 3.07. The SMILES string of the molecule is CCCCCCC[C@@H]1CO[C@@H](c2ccc(CCC)cc2)CO1. The summed E-state index contributed by atoms with van der Waals surface area (Å²) in [6, 6.07) is 8.85. The third-order valence-electron chi connectivity index (χ3n) is 4.49. The van der Waals surface area contributed by atoms with Gasteiger partial charge in [-0.2, -0.15) is 0 Å². The molecule has 124 valence electrons. The second-order valence-electron chi connectivity index (χ2n) is 6.47. The Bertz CT molecular complexity index is 391. The van der Waals surface area contributed by atoms with Crippen LogP contribution in [0.2, 0.25) is 0 Å². The van der Waals surface area contributed by atoms with Gasteiger partial charge in [0.1, 0.15) is 6.10 Å². The van der Waals surface area contributed by atoms with Crippen LogP contribution in [0.15, 0.2) is 24.3 Å². The maximum Gasteiger partial charge on any atom is 0.106 e. The summed E-state index contributed by atoms with van der Waals surface area (Å²) in [6.07, 6.45) is 10.5. The molecular weight excluding hydrogens is 272 g/mol. The molecule has 0 unspecified atom stereocenters. The van der Waals surface area contributed by atoms with Gasteiger partial charge in [-0.15, -0.1) is 0 Å². The number of benzene rings is 1. The van der Waals surface area contributed by atoms with Gasteiger partial charge in [-0.25, -0.2) is 0 Å². The van der Waals surface area contributed by atoms with E-state index in [2.05, 4.69) is 38.1 Å². The highest BCUT2D eigenvalue weighted by molar-refractivity contribution is 5.24. The molecule has 0 radical (unpaired) electrons. The molecule has 2 atom stereocenters. The Morgan fingerprint density at radius 1 is 0.864 bits per heavy atom. The summed E-state index contributed by atoms with van der Waals surface area (Å²) in [5.74, 6) is 0. The van der Waals surface area contributed by atoms with Crippen LogP contribution in [0.4, 0.5) is 0 Å². The monoisotopic (exact) mass is 304 g/mol. The van der Waals surface area contributed by atoms with Crippen molar-refractivity contribution in [3.8, 4) is 0 Å². The lowest BCUT2D eigenvalue weighted by Gasteiger charge is -2.30. The molecule has 1 saturated heterocycles. The van der Waals surface area contributed by atoms with Crippen LogP contribution in [-0.4, -0.2) is 19.3 Å². The fraction of sp³-hybridized carbons (Fsp3) is 0.700. The summed E-state index contributed by atoms with van der Waals surface area (Å²) in [7, 11) is 0. The van der Waals surface area contributed by atoms with Crippen molar-refractivity contribution >= 4 is 0 Å². The lowest BCUT2D eigenvalue weighted by Crippen LogP contribution is -2.31. The molecular formula is C20H32O2. The molecule has 0 amide bonds. The van der Waals surface area contributed by atoms with Gasteiger partial charge in [-0.05, 0) is 24.0 Å². The Labute approximate surface area is 136 Å². The van der Waals surface area contributed by atoms with Crippen molar-refractivity contribution < 1.29 is 9.47 Å². The zero-order chi connectivity index (χ0) is 15.6. The fourth-order valence-electron chi connectivity index (χ4n) is 3.07. The van der Waals surface area contributed by atoms with Crippen LogP contribution in [0.25, 0.3) is 0 Å². The number of aryl methyl sites for hydroxylation is 1. The molecule has 2 heteroatoms. The topological polar surface area (TPSA) is 18.5 Å². The predicted octanol–water partition coefficient (Wildman–Crippen LogP) is 5.46. The van der Waals surface area contributed by atoms with Crippen molar-refractivity contribution in [1.82, 2.24) is 0 Å². The molecule has 1 fully saturated rings. The number of ether oxygens (including phenoxy) is 2. The summed E-state index contributed by atoms with van der Waals surface area (Å²) in [5.41, 5.74) is 2.66. The van der Waals surface area contributed by atoms with Crippen molar-refractivity contribution in [2.45, 2.75) is 77.4 Å². The molecule has 2 rings (SSSR count). The quantitative estimate of drug-likeness (QED) is 0.564. The number of unbranched alkanes of at least 4 members (excludes halogenated alkanes) is 4. The van der Waals surface area contributed by atoms with Crippen LogP contribution >= 0.6 is 0 Å². The van der Waals surface area contributed by atoms with E-state index in [4.69, 9.17) is 9.47 Å². The molecule has 2 nitrogen and oxygen atoms in total. The maximum atomic E-state index is 6.03. The van der Waals surface area contributed by atoms with Gasteiger partial charge < -0.3 is 9.47 Å². The van der Waals surface area contributed by atoms with Gasteiger partial charge in [0.25, 0.3) is 0 Å². The van der Waals surface area contributed by atoms with Crippen LogP contribution in [-0.2, 0) is 15.9 Å². The van der Waals surface area contributed by atoms with Crippen molar-refractivity contribution in [3.63, 3.8) is 0 Å². The molecule has 0 spiro atoms. The molecule has 1 aromatic carbocycles. The highest BCUT2D eigenvalue weighted by Crippen LogP contribution is 2.25. The first-order valence-electron chi connectivity index (χ1n) is 9.15. The summed E-state index contributed by atoms with van der Waals surface area (Å²) in [4.78, 5) is 0. The van der Waals surface area contributed by atoms with Crippen molar-refractivity contribution in [2.24, 2.45) is 0 Å². The van der Waals surface area contributed by atoms with Gasteiger partial charge in [0, 0.05) is 0 Å². The average Bonchev–Trinajstić information content (AvgIpc) is 2.56. The van der Waals surface area contributed by atoms with Crippen LogP contribution in [0.3, 0.4) is 0 Å². The van der Waals surface area contributed by atoms with E-state index in [0.717, 1.165) is 19.4 Å². The Balaban J connectivity index is 1.68. The summed E-state index contributed by atoms with van der Waals surface area (Å²) in [5, 5.41) is 0. The molecule has 1 heterocycles. The molecule has 1 aliphatic rings. The number of rotatable bonds is 9. The molecule has 0 aliphatic carbocycles. The first kappa shape index (κ1) is 17.5. The molecule has 0 bridgehead atoms. The number of hydrogen-bond acceptors (Lipinski definition) is 2. The van der Waals surface area contributed by atoms with E-state index in [-0.39, 0.29) is 6.10 Å². The van der Waals surface area contributed by atoms with Gasteiger partial charge in [0.15, 0.2) is 0 Å². The minimum atomic E-state index is 0.118. The van der Waals surface area contributed by atoms with E-state index in [1.165, 1.54) is 49.7 Å². The van der Waals surface area contributed by atoms with E-state index < -0.39 is 0 Å². The lowest BCUT2D eigenvalue weighted by molar-refractivity contribution is -0.137. The lowest BCUT2D eigenvalue weighted by atomic mass is 10.0. The second-order valence-corrected chi connectivity index (χ2v) is 6.47. The van der Waals surface area contributed by atoms with E-state index in [1.54, 1.807) is 0 Å². The highest BCUT2D eigenvalue weighted by atomic mass is 16.6. The first-order valence-corrected chi connectivity index (χ1v) is 9.15. The van der Waals surface area contributed by atoms with E-state index >= 15 is 0 Å². The van der Waals surface area contributed by atoms with Crippen molar-refractivity contribution in [3.05, 3.63) is 35.4 Å². The van der Waals surface area contributed by atoms with Gasteiger partial charge in [0.05, 0.1) is 19.3 Å².